The van der Waals surface area contributed by atoms with Crippen molar-refractivity contribution in [1.29, 1.82) is 0 Å². The first-order chi connectivity index (χ1) is 16.9. The monoisotopic (exact) mass is 478 g/mol. The lowest BCUT2D eigenvalue weighted by Gasteiger charge is -2.60. The van der Waals surface area contributed by atoms with E-state index in [0.29, 0.717) is 38.2 Å². The molecule has 2 bridgehead atoms. The van der Waals surface area contributed by atoms with Crippen LogP contribution in [-0.2, 0) is 23.2 Å². The van der Waals surface area contributed by atoms with Gasteiger partial charge in [-0.25, -0.2) is 0 Å². The molecular formula is C27H34N4O4. The maximum atomic E-state index is 13.4. The molecule has 1 aromatic carbocycles. The Labute approximate surface area is 205 Å². The Hall–Kier alpha value is -2.58. The molecule has 0 radical (unpaired) electrons. The van der Waals surface area contributed by atoms with Gasteiger partial charge in [-0.1, -0.05) is 6.07 Å². The van der Waals surface area contributed by atoms with Crippen LogP contribution in [0.25, 0.3) is 0 Å². The molecule has 186 valence electrons. The van der Waals surface area contributed by atoms with E-state index in [9.17, 15) is 15.0 Å². The molecule has 8 nitrogen and oxygen atoms in total. The molecule has 1 amide bonds. The molecule has 35 heavy (non-hydrogen) atoms. The first-order valence-electron chi connectivity index (χ1n) is 13.1. The van der Waals surface area contributed by atoms with Crippen molar-refractivity contribution in [3.63, 3.8) is 0 Å². The quantitative estimate of drug-likeness (QED) is 0.683. The average Bonchev–Trinajstić information content (AvgIpc) is 3.48. The standard InChI is InChI=1S/C27H34N4O4/c1-17-13-28-31(14-17)9-6-23(33)30-11-8-27(34)21-12-19-4-5-20(32)25-24(19)26(27,22(16-30)35-25)7-10-29(21)15-18-2-3-18/h4-5,13-14,18,21-22,32,34H,2-3,6-12,15-16H2,1H3/t21-,22+,26-,27-/m1/s1. The Morgan fingerprint density at radius 2 is 2.11 bits per heavy atom. The second kappa shape index (κ2) is 7.46. The van der Waals surface area contributed by atoms with Crippen LogP contribution in [0, 0.1) is 12.8 Å². The van der Waals surface area contributed by atoms with Gasteiger partial charge in [-0.05, 0) is 68.7 Å². The van der Waals surface area contributed by atoms with E-state index in [-0.39, 0.29) is 23.8 Å². The van der Waals surface area contributed by atoms with Crippen LogP contribution in [0.5, 0.6) is 11.5 Å². The zero-order valence-electron chi connectivity index (χ0n) is 20.3. The molecule has 2 N–H and O–H groups in total. The number of carbonyl (C=O) groups is 1. The van der Waals surface area contributed by atoms with Crippen molar-refractivity contribution in [1.82, 2.24) is 19.6 Å². The molecule has 2 aromatic rings. The molecule has 2 aliphatic carbocycles. The van der Waals surface area contributed by atoms with Gasteiger partial charge in [0.2, 0.25) is 5.91 Å². The highest BCUT2D eigenvalue weighted by Crippen LogP contribution is 2.63. The number of ether oxygens (including phenoxy) is 1. The zero-order chi connectivity index (χ0) is 23.9. The van der Waals surface area contributed by atoms with Crippen LogP contribution in [0.4, 0.5) is 0 Å². The molecule has 7 rings (SSSR count). The molecule has 1 aromatic heterocycles. The number of hydrogen-bond acceptors (Lipinski definition) is 6. The van der Waals surface area contributed by atoms with Crippen molar-refractivity contribution in [3.8, 4) is 11.5 Å². The largest absolute Gasteiger partial charge is 0.504 e. The van der Waals surface area contributed by atoms with Gasteiger partial charge in [0.05, 0.1) is 23.8 Å². The topological polar surface area (TPSA) is 91.1 Å². The van der Waals surface area contributed by atoms with E-state index in [0.717, 1.165) is 43.0 Å². The zero-order valence-corrected chi connectivity index (χ0v) is 20.3. The lowest BCUT2D eigenvalue weighted by Crippen LogP contribution is -2.74. The lowest BCUT2D eigenvalue weighted by molar-refractivity contribution is -0.162. The number of aromatic nitrogens is 2. The Kier molecular flexibility index (Phi) is 4.62. The molecule has 2 saturated heterocycles. The van der Waals surface area contributed by atoms with Crippen LogP contribution in [-0.4, -0.2) is 79.6 Å². The summed E-state index contributed by atoms with van der Waals surface area (Å²) >= 11 is 0. The van der Waals surface area contributed by atoms with Crippen molar-refractivity contribution in [2.24, 2.45) is 5.92 Å². The maximum Gasteiger partial charge on any atom is 0.224 e. The summed E-state index contributed by atoms with van der Waals surface area (Å²) in [6.45, 7) is 5.44. The summed E-state index contributed by atoms with van der Waals surface area (Å²) < 4.78 is 8.30. The van der Waals surface area contributed by atoms with E-state index in [1.165, 1.54) is 18.4 Å². The molecular weight excluding hydrogens is 444 g/mol. The Bertz CT molecular complexity index is 1190. The molecule has 1 spiro atoms. The Balaban J connectivity index is 1.24. The van der Waals surface area contributed by atoms with Gasteiger partial charge in [-0.3, -0.25) is 14.4 Å². The van der Waals surface area contributed by atoms with E-state index in [1.807, 2.05) is 28.8 Å². The van der Waals surface area contributed by atoms with Crippen molar-refractivity contribution in [2.45, 2.75) is 75.2 Å². The highest BCUT2D eigenvalue weighted by atomic mass is 16.5. The predicted molar refractivity (Wildman–Crippen MR) is 128 cm³/mol. The maximum absolute atomic E-state index is 13.4. The third-order valence-corrected chi connectivity index (χ3v) is 9.46. The highest BCUT2D eigenvalue weighted by Gasteiger charge is 2.71. The summed E-state index contributed by atoms with van der Waals surface area (Å²) in [5.74, 6) is 1.47. The van der Waals surface area contributed by atoms with E-state index < -0.39 is 11.0 Å². The second-order valence-corrected chi connectivity index (χ2v) is 11.5. The van der Waals surface area contributed by atoms with Crippen molar-refractivity contribution >= 4 is 5.91 Å². The fourth-order valence-corrected chi connectivity index (χ4v) is 7.59. The number of aromatic hydroxyl groups is 1. The van der Waals surface area contributed by atoms with Crippen molar-refractivity contribution < 1.29 is 19.7 Å². The van der Waals surface area contributed by atoms with Gasteiger partial charge in [-0.2, -0.15) is 5.10 Å². The van der Waals surface area contributed by atoms with E-state index in [4.69, 9.17) is 4.74 Å². The number of likely N-dealkylation sites (tertiary alicyclic amines) is 2. The number of rotatable bonds is 5. The molecule has 4 heterocycles. The van der Waals surface area contributed by atoms with Crippen LogP contribution in [0.15, 0.2) is 24.5 Å². The number of aliphatic hydroxyl groups is 1. The van der Waals surface area contributed by atoms with E-state index >= 15 is 0 Å². The Morgan fingerprint density at radius 3 is 2.89 bits per heavy atom. The number of aryl methyl sites for hydroxylation is 2. The minimum absolute atomic E-state index is 0.00745. The summed E-state index contributed by atoms with van der Waals surface area (Å²) in [4.78, 5) is 17.8. The smallest absolute Gasteiger partial charge is 0.224 e. The molecule has 8 heteroatoms. The predicted octanol–water partition coefficient (Wildman–Crippen LogP) is 1.99. The van der Waals surface area contributed by atoms with Crippen molar-refractivity contribution in [2.75, 3.05) is 26.2 Å². The third kappa shape index (κ3) is 3.05. The number of phenolic OH excluding ortho intramolecular Hbond substituents is 1. The molecule has 3 aliphatic heterocycles. The van der Waals surface area contributed by atoms with Gasteiger partial charge in [0, 0.05) is 43.9 Å². The summed E-state index contributed by atoms with van der Waals surface area (Å²) in [5, 5.41) is 27.7. The van der Waals surface area contributed by atoms with Gasteiger partial charge in [-0.15, -0.1) is 0 Å². The normalized spacial score (nSPS) is 33.3. The van der Waals surface area contributed by atoms with Crippen LogP contribution >= 0.6 is 0 Å². The highest BCUT2D eigenvalue weighted by molar-refractivity contribution is 5.76. The molecule has 5 aliphatic rings. The fraction of sp³-hybridized carbons (Fsp3) is 0.630. The summed E-state index contributed by atoms with van der Waals surface area (Å²) in [6, 6.07) is 3.76. The number of nitrogens with zero attached hydrogens (tertiary/aromatic N) is 4. The summed E-state index contributed by atoms with van der Waals surface area (Å²) in [5.41, 5.74) is 1.68. The van der Waals surface area contributed by atoms with E-state index in [1.54, 1.807) is 12.3 Å². The number of amides is 1. The fourth-order valence-electron chi connectivity index (χ4n) is 7.59. The van der Waals surface area contributed by atoms with Gasteiger partial charge in [0.25, 0.3) is 0 Å². The van der Waals surface area contributed by atoms with Gasteiger partial charge in [0.15, 0.2) is 11.5 Å². The van der Waals surface area contributed by atoms with Gasteiger partial charge in [0.1, 0.15) is 6.10 Å². The lowest BCUT2D eigenvalue weighted by atomic mass is 9.52. The molecule has 0 unspecified atom stereocenters. The third-order valence-electron chi connectivity index (χ3n) is 9.46. The van der Waals surface area contributed by atoms with Crippen LogP contribution in [0.1, 0.15) is 48.8 Å². The molecule has 1 saturated carbocycles. The summed E-state index contributed by atoms with van der Waals surface area (Å²) in [7, 11) is 0. The number of phenols is 1. The van der Waals surface area contributed by atoms with Gasteiger partial charge < -0.3 is 19.8 Å². The first kappa shape index (κ1) is 21.7. The van der Waals surface area contributed by atoms with Gasteiger partial charge >= 0.3 is 0 Å². The summed E-state index contributed by atoms with van der Waals surface area (Å²) in [6.07, 6.45) is 8.39. The molecule has 4 atom stereocenters. The minimum atomic E-state index is -0.995. The number of benzene rings is 1. The van der Waals surface area contributed by atoms with Crippen molar-refractivity contribution in [3.05, 3.63) is 41.2 Å². The SMILES string of the molecule is Cc1cnn(CCC(=O)N2CC[C@@]3(O)[C@H]4Cc5ccc(O)c6c5[C@@]3(CCN4CC3CC3)[C@H](C2)O6)c1. The average molecular weight is 479 g/mol. The Morgan fingerprint density at radius 1 is 1.26 bits per heavy atom. The number of piperidine rings is 1. The van der Waals surface area contributed by atoms with Crippen LogP contribution < -0.4 is 4.74 Å². The number of carbonyl (C=O) groups excluding carboxylic acids is 1. The second-order valence-electron chi connectivity index (χ2n) is 11.5. The molecule has 3 fully saturated rings. The van der Waals surface area contributed by atoms with Crippen LogP contribution in [0.3, 0.4) is 0 Å². The first-order valence-corrected chi connectivity index (χ1v) is 13.1. The minimum Gasteiger partial charge on any atom is -0.504 e. The number of hydrogen-bond donors (Lipinski definition) is 2. The van der Waals surface area contributed by atoms with Crippen LogP contribution in [0.2, 0.25) is 0 Å². The van der Waals surface area contributed by atoms with E-state index in [2.05, 4.69) is 10.00 Å².